The zero-order valence-electron chi connectivity index (χ0n) is 10.5. The maximum atomic E-state index is 11.8. The van der Waals surface area contributed by atoms with Gasteiger partial charge in [-0.1, -0.05) is 36.4 Å². The molecule has 1 aromatic carbocycles. The fourth-order valence-electron chi connectivity index (χ4n) is 1.01. The number of allylic oxidation sites excluding steroid dienone is 2. The van der Waals surface area contributed by atoms with Crippen LogP contribution in [0.2, 0.25) is 0 Å². The lowest BCUT2D eigenvalue weighted by molar-refractivity contribution is 0.592. The summed E-state index contributed by atoms with van der Waals surface area (Å²) >= 11 is 0. The second-order valence-corrected chi connectivity index (χ2v) is 4.06. The summed E-state index contributed by atoms with van der Waals surface area (Å²) < 4.78 is 11.8. The summed E-state index contributed by atoms with van der Waals surface area (Å²) in [4.78, 5) is 0. The Morgan fingerprint density at radius 1 is 1.06 bits per heavy atom. The molecule has 0 N–H and O–H groups in total. The van der Waals surface area contributed by atoms with Gasteiger partial charge in [0.25, 0.3) is 0 Å². The van der Waals surface area contributed by atoms with Crippen molar-refractivity contribution in [3.63, 3.8) is 0 Å². The normalized spacial score (nSPS) is 9.00. The van der Waals surface area contributed by atoms with Crippen molar-refractivity contribution >= 4 is 0 Å². The number of hydrogen-bond acceptors (Lipinski definition) is 0. The number of hydrogen-bond donors (Lipinski definition) is 0. The van der Waals surface area contributed by atoms with Crippen molar-refractivity contribution in [2.75, 3.05) is 0 Å². The van der Waals surface area contributed by atoms with E-state index in [1.165, 1.54) is 11.1 Å². The lowest BCUT2D eigenvalue weighted by atomic mass is 10.1. The van der Waals surface area contributed by atoms with Crippen molar-refractivity contribution in [1.82, 2.24) is 0 Å². The Labute approximate surface area is 98.5 Å². The van der Waals surface area contributed by atoms with Gasteiger partial charge in [0, 0.05) is 6.42 Å². The Balaban J connectivity index is 0.000000281. The highest BCUT2D eigenvalue weighted by Gasteiger charge is 1.89. The quantitative estimate of drug-likeness (QED) is 0.619. The van der Waals surface area contributed by atoms with Crippen LogP contribution in [0.3, 0.4) is 0 Å². The molecule has 0 nitrogen and oxygen atoms in total. The molecule has 0 spiro atoms. The maximum Gasteiger partial charge on any atom is 0.0931 e. The summed E-state index contributed by atoms with van der Waals surface area (Å²) in [5.74, 6) is -0.256. The highest BCUT2D eigenvalue weighted by atomic mass is 19.1. The monoisotopic (exact) mass is 220 g/mol. The topological polar surface area (TPSA) is 0 Å². The van der Waals surface area contributed by atoms with E-state index in [9.17, 15) is 4.39 Å². The lowest BCUT2D eigenvalue weighted by Crippen LogP contribution is -1.74. The van der Waals surface area contributed by atoms with Gasteiger partial charge in [-0.15, -0.1) is 6.58 Å². The summed E-state index contributed by atoms with van der Waals surface area (Å²) in [6, 6.07) is 8.36. The third-order valence-electron chi connectivity index (χ3n) is 2.25. The van der Waals surface area contributed by atoms with Gasteiger partial charge in [0.05, 0.1) is 5.83 Å². The van der Waals surface area contributed by atoms with E-state index in [-0.39, 0.29) is 5.83 Å². The van der Waals surface area contributed by atoms with Gasteiger partial charge in [-0.2, -0.15) is 0 Å². The Hall–Kier alpha value is -1.37. The van der Waals surface area contributed by atoms with Crippen molar-refractivity contribution in [2.24, 2.45) is 0 Å². The first-order valence-corrected chi connectivity index (χ1v) is 5.43. The van der Waals surface area contributed by atoms with Gasteiger partial charge >= 0.3 is 0 Å². The third kappa shape index (κ3) is 7.98. The van der Waals surface area contributed by atoms with E-state index in [1.807, 2.05) is 6.92 Å². The van der Waals surface area contributed by atoms with Crippen LogP contribution in [0, 0.1) is 13.8 Å². The molecule has 88 valence electrons. The Bertz CT molecular complexity index is 315. The Kier molecular flexibility index (Phi) is 7.19. The van der Waals surface area contributed by atoms with Gasteiger partial charge in [0.15, 0.2) is 0 Å². The second-order valence-electron chi connectivity index (χ2n) is 4.06. The lowest BCUT2D eigenvalue weighted by Gasteiger charge is -1.93. The molecule has 0 aromatic heterocycles. The predicted octanol–water partition coefficient (Wildman–Crippen LogP) is 5.13. The zero-order chi connectivity index (χ0) is 12.6. The van der Waals surface area contributed by atoms with Crippen molar-refractivity contribution in [2.45, 2.75) is 33.6 Å². The molecule has 0 saturated heterocycles. The minimum Gasteiger partial charge on any atom is -0.212 e. The molecule has 0 aliphatic carbocycles. The van der Waals surface area contributed by atoms with Gasteiger partial charge in [-0.05, 0) is 38.3 Å². The van der Waals surface area contributed by atoms with Crippen LogP contribution < -0.4 is 0 Å². The van der Waals surface area contributed by atoms with E-state index >= 15 is 0 Å². The smallest absolute Gasteiger partial charge is 0.0931 e. The predicted molar refractivity (Wildman–Crippen MR) is 70.2 cm³/mol. The third-order valence-corrected chi connectivity index (χ3v) is 2.25. The minimum absolute atomic E-state index is 0.256. The van der Waals surface area contributed by atoms with Gasteiger partial charge in [-0.25, -0.2) is 4.39 Å². The standard InChI is InChI=1S/C8H10.C7H11F/c1-7-5-3-4-6-8(7)2;1-6(2)4-5-7(3)8/h3-6H,1-2H3;1,3-5H2,2H3. The summed E-state index contributed by atoms with van der Waals surface area (Å²) in [7, 11) is 0. The minimum atomic E-state index is -0.256. The van der Waals surface area contributed by atoms with Crippen LogP contribution in [-0.2, 0) is 0 Å². The maximum absolute atomic E-state index is 11.8. The molecule has 0 fully saturated rings. The molecular formula is C15H21F. The first-order valence-electron chi connectivity index (χ1n) is 5.43. The molecule has 0 bridgehead atoms. The summed E-state index contributed by atoms with van der Waals surface area (Å²) in [6.07, 6.45) is 1.14. The molecule has 0 aliphatic rings. The molecule has 1 aromatic rings. The fraction of sp³-hybridized carbons (Fsp3) is 0.333. The van der Waals surface area contributed by atoms with Gasteiger partial charge in [-0.3, -0.25) is 0 Å². The first-order chi connectivity index (χ1) is 7.43. The molecule has 0 unspecified atom stereocenters. The Morgan fingerprint density at radius 2 is 1.50 bits per heavy atom. The van der Waals surface area contributed by atoms with Crippen LogP contribution in [0.1, 0.15) is 30.9 Å². The van der Waals surface area contributed by atoms with E-state index in [0.717, 1.165) is 12.0 Å². The number of aryl methyl sites for hydroxylation is 2. The van der Waals surface area contributed by atoms with E-state index < -0.39 is 0 Å². The summed E-state index contributed by atoms with van der Waals surface area (Å²) in [5.41, 5.74) is 3.74. The van der Waals surface area contributed by atoms with Gasteiger partial charge in [0.1, 0.15) is 0 Å². The molecular weight excluding hydrogens is 199 g/mol. The van der Waals surface area contributed by atoms with Crippen molar-refractivity contribution in [1.29, 1.82) is 0 Å². The second kappa shape index (κ2) is 7.86. The average Bonchev–Trinajstić information content (AvgIpc) is 2.20. The van der Waals surface area contributed by atoms with Gasteiger partial charge in [0.2, 0.25) is 0 Å². The van der Waals surface area contributed by atoms with E-state index in [0.29, 0.717) is 6.42 Å². The van der Waals surface area contributed by atoms with E-state index in [4.69, 9.17) is 0 Å². The van der Waals surface area contributed by atoms with Crippen LogP contribution >= 0.6 is 0 Å². The molecule has 1 heteroatoms. The number of halogens is 1. The Morgan fingerprint density at radius 3 is 1.69 bits per heavy atom. The molecule has 0 atom stereocenters. The average molecular weight is 220 g/mol. The van der Waals surface area contributed by atoms with Crippen molar-refractivity contribution in [3.05, 3.63) is 60.0 Å². The van der Waals surface area contributed by atoms with Crippen LogP contribution in [-0.4, -0.2) is 0 Å². The van der Waals surface area contributed by atoms with Crippen LogP contribution in [0.25, 0.3) is 0 Å². The SMILES string of the molecule is C=C(C)CCC(=C)F.Cc1ccccc1C. The molecule has 0 saturated carbocycles. The fourth-order valence-corrected chi connectivity index (χ4v) is 1.01. The van der Waals surface area contributed by atoms with Crippen LogP contribution in [0.4, 0.5) is 4.39 Å². The summed E-state index contributed by atoms with van der Waals surface area (Å²) in [6.45, 7) is 12.9. The first kappa shape index (κ1) is 14.6. The zero-order valence-corrected chi connectivity index (χ0v) is 10.5. The van der Waals surface area contributed by atoms with Crippen LogP contribution in [0.5, 0.6) is 0 Å². The van der Waals surface area contributed by atoms with E-state index in [2.05, 4.69) is 51.3 Å². The summed E-state index contributed by atoms with van der Waals surface area (Å²) in [5, 5.41) is 0. The number of rotatable bonds is 3. The van der Waals surface area contributed by atoms with Crippen LogP contribution in [0.15, 0.2) is 48.8 Å². The molecule has 16 heavy (non-hydrogen) atoms. The molecule has 0 radical (unpaired) electrons. The highest BCUT2D eigenvalue weighted by Crippen LogP contribution is 2.07. The molecule has 0 heterocycles. The largest absolute Gasteiger partial charge is 0.212 e. The van der Waals surface area contributed by atoms with Gasteiger partial charge < -0.3 is 0 Å². The number of benzene rings is 1. The van der Waals surface area contributed by atoms with Crippen molar-refractivity contribution in [3.8, 4) is 0 Å². The van der Waals surface area contributed by atoms with E-state index in [1.54, 1.807) is 0 Å². The van der Waals surface area contributed by atoms with Crippen molar-refractivity contribution < 1.29 is 4.39 Å². The highest BCUT2D eigenvalue weighted by molar-refractivity contribution is 5.23. The molecule has 1 rings (SSSR count). The molecule has 0 amide bonds. The molecule has 0 aliphatic heterocycles.